The second-order valence-corrected chi connectivity index (χ2v) is 4.08. The SMILES string of the molecule is CCOC(=O)C(=CN(CC)c1cc(C)no1)C(=O)OCC. The van der Waals surface area contributed by atoms with Crippen LogP contribution in [-0.4, -0.2) is 36.9 Å². The molecule has 0 aromatic carbocycles. The summed E-state index contributed by atoms with van der Waals surface area (Å²) in [5.74, 6) is -1.03. The number of ether oxygens (including phenoxy) is 2. The fourth-order valence-electron chi connectivity index (χ4n) is 1.56. The van der Waals surface area contributed by atoms with Crippen molar-refractivity contribution in [2.45, 2.75) is 27.7 Å². The van der Waals surface area contributed by atoms with E-state index in [0.717, 1.165) is 0 Å². The molecule has 0 fully saturated rings. The molecule has 0 bridgehead atoms. The van der Waals surface area contributed by atoms with Gasteiger partial charge in [-0.25, -0.2) is 9.59 Å². The van der Waals surface area contributed by atoms with Crippen LogP contribution in [-0.2, 0) is 19.1 Å². The van der Waals surface area contributed by atoms with E-state index in [1.54, 1.807) is 31.7 Å². The molecule has 0 aliphatic rings. The van der Waals surface area contributed by atoms with Crippen molar-refractivity contribution < 1.29 is 23.6 Å². The highest BCUT2D eigenvalue weighted by Crippen LogP contribution is 2.17. The molecule has 0 N–H and O–H groups in total. The fraction of sp³-hybridized carbons (Fsp3) is 0.500. The number of aryl methyl sites for hydroxylation is 1. The molecule has 0 spiro atoms. The zero-order chi connectivity index (χ0) is 15.8. The van der Waals surface area contributed by atoms with Crippen LogP contribution in [0.1, 0.15) is 26.5 Å². The summed E-state index contributed by atoms with van der Waals surface area (Å²) < 4.78 is 14.9. The topological polar surface area (TPSA) is 81.9 Å². The van der Waals surface area contributed by atoms with Gasteiger partial charge in [0, 0.05) is 18.8 Å². The third-order valence-corrected chi connectivity index (χ3v) is 2.51. The Morgan fingerprint density at radius 3 is 2.19 bits per heavy atom. The van der Waals surface area contributed by atoms with Gasteiger partial charge in [-0.05, 0) is 27.7 Å². The molecule has 0 unspecified atom stereocenters. The fourth-order valence-corrected chi connectivity index (χ4v) is 1.56. The Morgan fingerprint density at radius 2 is 1.81 bits per heavy atom. The molecule has 1 aromatic heterocycles. The van der Waals surface area contributed by atoms with E-state index in [2.05, 4.69) is 5.16 Å². The second-order valence-electron chi connectivity index (χ2n) is 4.08. The lowest BCUT2D eigenvalue weighted by Crippen LogP contribution is -2.24. The predicted molar refractivity (Wildman–Crippen MR) is 75.6 cm³/mol. The van der Waals surface area contributed by atoms with Crippen molar-refractivity contribution in [2.75, 3.05) is 24.7 Å². The van der Waals surface area contributed by atoms with Crippen molar-refractivity contribution in [2.24, 2.45) is 0 Å². The van der Waals surface area contributed by atoms with E-state index in [0.29, 0.717) is 18.1 Å². The summed E-state index contributed by atoms with van der Waals surface area (Å²) in [6.07, 6.45) is 1.36. The van der Waals surface area contributed by atoms with E-state index in [1.165, 1.54) is 6.20 Å². The van der Waals surface area contributed by atoms with Gasteiger partial charge in [-0.15, -0.1) is 0 Å². The maximum absolute atomic E-state index is 11.9. The third-order valence-electron chi connectivity index (χ3n) is 2.51. The third kappa shape index (κ3) is 4.62. The van der Waals surface area contributed by atoms with E-state index < -0.39 is 11.9 Å². The Kier molecular flexibility index (Phi) is 6.45. The summed E-state index contributed by atoms with van der Waals surface area (Å²) in [5, 5.41) is 3.78. The normalized spacial score (nSPS) is 9.90. The molecule has 116 valence electrons. The first kappa shape index (κ1) is 16.7. The first-order chi connectivity index (χ1) is 10.0. The lowest BCUT2D eigenvalue weighted by Gasteiger charge is -2.15. The molecule has 7 heteroatoms. The minimum Gasteiger partial charge on any atom is -0.462 e. The van der Waals surface area contributed by atoms with Gasteiger partial charge < -0.3 is 18.9 Å². The predicted octanol–water partition coefficient (Wildman–Crippen LogP) is 1.82. The molecule has 0 aliphatic heterocycles. The maximum Gasteiger partial charge on any atom is 0.347 e. The number of aromatic nitrogens is 1. The smallest absolute Gasteiger partial charge is 0.347 e. The molecule has 0 atom stereocenters. The summed E-state index contributed by atoms with van der Waals surface area (Å²) in [4.78, 5) is 25.4. The lowest BCUT2D eigenvalue weighted by atomic mass is 10.3. The van der Waals surface area contributed by atoms with Crippen LogP contribution in [0.4, 0.5) is 5.88 Å². The summed E-state index contributed by atoms with van der Waals surface area (Å²) in [6, 6.07) is 1.70. The Hall–Kier alpha value is -2.31. The first-order valence-corrected chi connectivity index (χ1v) is 6.79. The Bertz CT molecular complexity index is 501. The summed E-state index contributed by atoms with van der Waals surface area (Å²) in [6.45, 7) is 7.78. The van der Waals surface area contributed by atoms with E-state index in [1.807, 2.05) is 6.92 Å². The Labute approximate surface area is 123 Å². The molecule has 0 radical (unpaired) electrons. The number of carbonyl (C=O) groups excluding carboxylic acids is 2. The molecule has 1 rings (SSSR count). The van der Waals surface area contributed by atoms with Crippen LogP contribution in [0.2, 0.25) is 0 Å². The van der Waals surface area contributed by atoms with Crippen LogP contribution >= 0.6 is 0 Å². The number of hydrogen-bond donors (Lipinski definition) is 0. The monoisotopic (exact) mass is 296 g/mol. The van der Waals surface area contributed by atoms with E-state index in [-0.39, 0.29) is 18.8 Å². The quantitative estimate of drug-likeness (QED) is 0.328. The Morgan fingerprint density at radius 1 is 1.24 bits per heavy atom. The van der Waals surface area contributed by atoms with E-state index in [9.17, 15) is 9.59 Å². The number of hydrogen-bond acceptors (Lipinski definition) is 7. The molecule has 21 heavy (non-hydrogen) atoms. The highest BCUT2D eigenvalue weighted by molar-refractivity contribution is 6.14. The number of rotatable bonds is 7. The molecule has 7 nitrogen and oxygen atoms in total. The maximum atomic E-state index is 11.9. The average molecular weight is 296 g/mol. The number of carbonyl (C=O) groups is 2. The van der Waals surface area contributed by atoms with Crippen LogP contribution in [0.15, 0.2) is 22.4 Å². The van der Waals surface area contributed by atoms with Crippen molar-refractivity contribution in [1.82, 2.24) is 5.16 Å². The van der Waals surface area contributed by atoms with Gasteiger partial charge in [0.25, 0.3) is 0 Å². The van der Waals surface area contributed by atoms with Crippen LogP contribution in [0.25, 0.3) is 0 Å². The van der Waals surface area contributed by atoms with Gasteiger partial charge in [0.05, 0.1) is 18.9 Å². The molecule has 0 amide bonds. The van der Waals surface area contributed by atoms with Gasteiger partial charge in [0.2, 0.25) is 5.88 Å². The number of anilines is 1. The van der Waals surface area contributed by atoms with E-state index in [4.69, 9.17) is 14.0 Å². The van der Waals surface area contributed by atoms with Gasteiger partial charge in [0.15, 0.2) is 5.57 Å². The number of esters is 2. The van der Waals surface area contributed by atoms with Crippen LogP contribution in [0.5, 0.6) is 0 Å². The van der Waals surface area contributed by atoms with Crippen molar-refractivity contribution in [3.05, 3.63) is 23.5 Å². The zero-order valence-electron chi connectivity index (χ0n) is 12.7. The summed E-state index contributed by atoms with van der Waals surface area (Å²) in [7, 11) is 0. The Balaban J connectivity index is 3.08. The van der Waals surface area contributed by atoms with Gasteiger partial charge in [-0.2, -0.15) is 0 Å². The minimum absolute atomic E-state index is 0.170. The average Bonchev–Trinajstić information content (AvgIpc) is 2.86. The molecule has 0 saturated heterocycles. The highest BCUT2D eigenvalue weighted by atomic mass is 16.6. The zero-order valence-corrected chi connectivity index (χ0v) is 12.7. The highest BCUT2D eigenvalue weighted by Gasteiger charge is 2.23. The van der Waals surface area contributed by atoms with Crippen molar-refractivity contribution in [3.63, 3.8) is 0 Å². The van der Waals surface area contributed by atoms with Crippen LogP contribution in [0, 0.1) is 6.92 Å². The first-order valence-electron chi connectivity index (χ1n) is 6.79. The lowest BCUT2D eigenvalue weighted by molar-refractivity contribution is -0.146. The van der Waals surface area contributed by atoms with Gasteiger partial charge >= 0.3 is 11.9 Å². The molecule has 0 aliphatic carbocycles. The van der Waals surface area contributed by atoms with Gasteiger partial charge in [0.1, 0.15) is 0 Å². The van der Waals surface area contributed by atoms with Crippen LogP contribution < -0.4 is 4.90 Å². The molecule has 1 heterocycles. The summed E-state index contributed by atoms with van der Waals surface area (Å²) >= 11 is 0. The van der Waals surface area contributed by atoms with Crippen molar-refractivity contribution >= 4 is 17.8 Å². The van der Waals surface area contributed by atoms with Gasteiger partial charge in [-0.3, -0.25) is 0 Å². The van der Waals surface area contributed by atoms with Crippen LogP contribution in [0.3, 0.4) is 0 Å². The molecular formula is C14H20N2O5. The number of nitrogens with zero attached hydrogens (tertiary/aromatic N) is 2. The minimum atomic E-state index is -0.731. The molecular weight excluding hydrogens is 276 g/mol. The molecule has 1 aromatic rings. The molecule has 0 saturated carbocycles. The van der Waals surface area contributed by atoms with Crippen molar-refractivity contribution in [1.29, 1.82) is 0 Å². The van der Waals surface area contributed by atoms with Gasteiger partial charge in [-0.1, -0.05) is 5.16 Å². The standard InChI is InChI=1S/C14H20N2O5/c1-5-16(12-8-10(4)15-21-12)9-11(13(17)19-6-2)14(18)20-7-3/h8-9H,5-7H2,1-4H3. The summed E-state index contributed by atoms with van der Waals surface area (Å²) in [5.41, 5.74) is 0.514. The van der Waals surface area contributed by atoms with E-state index >= 15 is 0 Å². The second kappa shape index (κ2) is 8.08. The van der Waals surface area contributed by atoms with Crippen molar-refractivity contribution in [3.8, 4) is 0 Å². The largest absolute Gasteiger partial charge is 0.462 e.